The summed E-state index contributed by atoms with van der Waals surface area (Å²) in [7, 11) is 0. The first-order chi connectivity index (χ1) is 18.3. The predicted octanol–water partition coefficient (Wildman–Crippen LogP) is 5.85. The maximum atomic E-state index is 13.6. The molecule has 0 spiro atoms. The van der Waals surface area contributed by atoms with Gasteiger partial charge in [-0.05, 0) is 73.0 Å². The number of imide groups is 2. The number of benzene rings is 3. The second kappa shape index (κ2) is 11.7. The van der Waals surface area contributed by atoms with Crippen molar-refractivity contribution in [1.29, 1.82) is 0 Å². The van der Waals surface area contributed by atoms with Gasteiger partial charge in [-0.25, -0.2) is 14.1 Å². The Balaban J connectivity index is 1.72. The molecule has 0 radical (unpaired) electrons. The zero-order valence-corrected chi connectivity index (χ0v) is 21.3. The zero-order chi connectivity index (χ0) is 27.2. The Labute approximate surface area is 224 Å². The summed E-state index contributed by atoms with van der Waals surface area (Å²) >= 11 is 6.03. The summed E-state index contributed by atoms with van der Waals surface area (Å²) in [6, 6.07) is 14.8. The molecule has 7 nitrogen and oxygen atoms in total. The van der Waals surface area contributed by atoms with Gasteiger partial charge in [0.05, 0.1) is 12.3 Å². The number of allylic oxidation sites excluding steroid dienone is 1. The second-order valence-electron chi connectivity index (χ2n) is 8.29. The van der Waals surface area contributed by atoms with Gasteiger partial charge in [0.1, 0.15) is 18.0 Å². The van der Waals surface area contributed by atoms with Gasteiger partial charge in [-0.3, -0.25) is 14.9 Å². The number of anilines is 1. The van der Waals surface area contributed by atoms with Crippen molar-refractivity contribution in [3.8, 4) is 11.5 Å². The van der Waals surface area contributed by atoms with Crippen LogP contribution in [0.1, 0.15) is 23.6 Å². The number of hydrogen-bond donors (Lipinski definition) is 1. The molecular weight excluding hydrogens is 511 g/mol. The quantitative estimate of drug-likeness (QED) is 0.211. The summed E-state index contributed by atoms with van der Waals surface area (Å²) in [5, 5.41) is 2.52. The lowest BCUT2D eigenvalue weighted by molar-refractivity contribution is -0.122. The summed E-state index contributed by atoms with van der Waals surface area (Å²) < 4.78 is 25.5. The Morgan fingerprint density at radius 2 is 1.84 bits per heavy atom. The Morgan fingerprint density at radius 3 is 2.55 bits per heavy atom. The van der Waals surface area contributed by atoms with Gasteiger partial charge in [0, 0.05) is 10.6 Å². The Hall–Kier alpha value is -4.43. The lowest BCUT2D eigenvalue weighted by Crippen LogP contribution is -2.54. The summed E-state index contributed by atoms with van der Waals surface area (Å²) in [6.07, 6.45) is 3.45. The van der Waals surface area contributed by atoms with Crippen LogP contribution in [0.5, 0.6) is 11.5 Å². The normalized spacial score (nSPS) is 14.4. The summed E-state index contributed by atoms with van der Waals surface area (Å²) in [6.45, 7) is 6.02. The zero-order valence-electron chi connectivity index (χ0n) is 20.5. The average molecular weight is 535 g/mol. The minimum absolute atomic E-state index is 0.0972. The van der Waals surface area contributed by atoms with E-state index in [0.29, 0.717) is 46.2 Å². The smallest absolute Gasteiger partial charge is 0.335 e. The molecule has 1 aliphatic rings. The Kier molecular flexibility index (Phi) is 8.23. The second-order valence-corrected chi connectivity index (χ2v) is 8.73. The van der Waals surface area contributed by atoms with Gasteiger partial charge >= 0.3 is 6.03 Å². The fourth-order valence-corrected chi connectivity index (χ4v) is 4.14. The van der Waals surface area contributed by atoms with Crippen LogP contribution in [0.3, 0.4) is 0 Å². The molecule has 1 heterocycles. The van der Waals surface area contributed by atoms with Crippen molar-refractivity contribution in [2.45, 2.75) is 20.0 Å². The van der Waals surface area contributed by atoms with E-state index in [1.807, 2.05) is 0 Å². The van der Waals surface area contributed by atoms with Crippen LogP contribution in [0.4, 0.5) is 14.9 Å². The summed E-state index contributed by atoms with van der Waals surface area (Å²) in [5.74, 6) is -1.18. The van der Waals surface area contributed by atoms with E-state index in [2.05, 4.69) is 11.9 Å². The number of barbiturate groups is 1. The maximum Gasteiger partial charge on any atom is 0.335 e. The molecule has 0 aromatic heterocycles. The standard InChI is InChI=1S/C29H24ClFN2O5/c1-3-7-20-12-19(15-25(37-4-2)26(20)38-17-18-8-5-10-22(31)13-18)14-24-27(34)32-29(36)33(28(24)35)23-11-6-9-21(30)16-23/h3,5-6,8-16H,1,4,7,17H2,2H3,(H,32,34,36)/b24-14+. The number of nitrogens with one attached hydrogen (secondary N) is 1. The third-order valence-corrected chi connectivity index (χ3v) is 5.80. The molecule has 38 heavy (non-hydrogen) atoms. The molecule has 4 rings (SSSR count). The molecule has 0 bridgehead atoms. The number of ether oxygens (including phenoxy) is 2. The maximum absolute atomic E-state index is 13.6. The first kappa shape index (κ1) is 26.6. The number of nitrogens with zero attached hydrogens (tertiary/aromatic N) is 1. The fraction of sp³-hybridized carbons (Fsp3) is 0.138. The average Bonchev–Trinajstić information content (AvgIpc) is 2.86. The van der Waals surface area contributed by atoms with Crippen LogP contribution >= 0.6 is 11.6 Å². The van der Waals surface area contributed by atoms with Crippen molar-refractivity contribution in [1.82, 2.24) is 5.32 Å². The lowest BCUT2D eigenvalue weighted by atomic mass is 10.0. The highest BCUT2D eigenvalue weighted by molar-refractivity contribution is 6.39. The molecule has 0 aliphatic carbocycles. The fourth-order valence-electron chi connectivity index (χ4n) is 3.96. The number of halogens is 2. The minimum Gasteiger partial charge on any atom is -0.490 e. The number of hydrogen-bond acceptors (Lipinski definition) is 5. The summed E-state index contributed by atoms with van der Waals surface area (Å²) in [5.41, 5.74) is 1.77. The molecular formula is C29H24ClFN2O5. The van der Waals surface area contributed by atoms with Crippen molar-refractivity contribution in [3.05, 3.63) is 106 Å². The third kappa shape index (κ3) is 5.92. The van der Waals surface area contributed by atoms with Crippen LogP contribution in [0, 0.1) is 5.82 Å². The number of amides is 4. The molecule has 1 aliphatic heterocycles. The topological polar surface area (TPSA) is 84.9 Å². The van der Waals surface area contributed by atoms with E-state index in [1.165, 1.54) is 30.3 Å². The van der Waals surface area contributed by atoms with Crippen molar-refractivity contribution in [2.75, 3.05) is 11.5 Å². The highest BCUT2D eigenvalue weighted by atomic mass is 35.5. The van der Waals surface area contributed by atoms with Crippen molar-refractivity contribution < 1.29 is 28.2 Å². The number of urea groups is 1. The molecule has 1 N–H and O–H groups in total. The number of carbonyl (C=O) groups is 3. The molecule has 1 fully saturated rings. The first-order valence-electron chi connectivity index (χ1n) is 11.8. The molecule has 9 heteroatoms. The predicted molar refractivity (Wildman–Crippen MR) is 143 cm³/mol. The largest absolute Gasteiger partial charge is 0.490 e. The van der Waals surface area contributed by atoms with E-state index < -0.39 is 17.8 Å². The van der Waals surface area contributed by atoms with Crippen molar-refractivity contribution >= 4 is 41.2 Å². The molecule has 0 atom stereocenters. The first-order valence-corrected chi connectivity index (χ1v) is 12.1. The SMILES string of the molecule is C=CCc1cc(/C=C2\C(=O)NC(=O)N(c3cccc(Cl)c3)C2=O)cc(OCC)c1OCc1cccc(F)c1. The van der Waals surface area contributed by atoms with Gasteiger partial charge in [-0.1, -0.05) is 35.9 Å². The molecule has 0 saturated carbocycles. The highest BCUT2D eigenvalue weighted by Gasteiger charge is 2.37. The van der Waals surface area contributed by atoms with E-state index >= 15 is 0 Å². The number of carbonyl (C=O) groups excluding carboxylic acids is 3. The van der Waals surface area contributed by atoms with Crippen LogP contribution in [0.25, 0.3) is 6.08 Å². The van der Waals surface area contributed by atoms with Crippen LogP contribution in [0.2, 0.25) is 5.02 Å². The Morgan fingerprint density at radius 1 is 1.05 bits per heavy atom. The third-order valence-electron chi connectivity index (χ3n) is 5.57. The molecule has 3 aromatic rings. The van der Waals surface area contributed by atoms with E-state index in [9.17, 15) is 18.8 Å². The van der Waals surface area contributed by atoms with E-state index in [1.54, 1.807) is 49.4 Å². The van der Waals surface area contributed by atoms with Gasteiger partial charge in [0.25, 0.3) is 11.8 Å². The minimum atomic E-state index is -0.872. The monoisotopic (exact) mass is 534 g/mol. The Bertz CT molecular complexity index is 1450. The van der Waals surface area contributed by atoms with Crippen LogP contribution in [-0.2, 0) is 22.6 Å². The highest BCUT2D eigenvalue weighted by Crippen LogP contribution is 2.36. The van der Waals surface area contributed by atoms with E-state index in [4.69, 9.17) is 21.1 Å². The molecule has 3 aromatic carbocycles. The number of rotatable bonds is 9. The molecule has 194 valence electrons. The van der Waals surface area contributed by atoms with Crippen LogP contribution < -0.4 is 19.7 Å². The van der Waals surface area contributed by atoms with E-state index in [-0.39, 0.29) is 23.7 Å². The molecule has 4 amide bonds. The summed E-state index contributed by atoms with van der Waals surface area (Å²) in [4.78, 5) is 39.3. The lowest BCUT2D eigenvalue weighted by Gasteiger charge is -2.26. The van der Waals surface area contributed by atoms with E-state index in [0.717, 1.165) is 4.90 Å². The van der Waals surface area contributed by atoms with Crippen molar-refractivity contribution in [2.24, 2.45) is 0 Å². The van der Waals surface area contributed by atoms with Gasteiger partial charge in [0.2, 0.25) is 0 Å². The van der Waals surface area contributed by atoms with Gasteiger partial charge in [-0.15, -0.1) is 6.58 Å². The van der Waals surface area contributed by atoms with Crippen LogP contribution in [0.15, 0.2) is 78.9 Å². The van der Waals surface area contributed by atoms with Crippen molar-refractivity contribution in [3.63, 3.8) is 0 Å². The van der Waals surface area contributed by atoms with Gasteiger partial charge in [0.15, 0.2) is 11.5 Å². The van der Waals surface area contributed by atoms with Crippen LogP contribution in [-0.4, -0.2) is 24.5 Å². The molecule has 0 unspecified atom stereocenters. The molecule has 1 saturated heterocycles. The van der Waals surface area contributed by atoms with Gasteiger partial charge in [-0.2, -0.15) is 0 Å². The van der Waals surface area contributed by atoms with Gasteiger partial charge < -0.3 is 9.47 Å².